The van der Waals surface area contributed by atoms with Gasteiger partial charge in [0.1, 0.15) is 11.6 Å². The van der Waals surface area contributed by atoms with Crippen molar-refractivity contribution in [2.24, 2.45) is 11.8 Å². The van der Waals surface area contributed by atoms with Gasteiger partial charge < -0.3 is 5.32 Å². The number of halogens is 1. The van der Waals surface area contributed by atoms with Gasteiger partial charge in [-0.15, -0.1) is 12.4 Å². The van der Waals surface area contributed by atoms with Crippen molar-refractivity contribution < 1.29 is 9.59 Å². The maximum absolute atomic E-state index is 10.8. The lowest BCUT2D eigenvalue weighted by molar-refractivity contribution is -0.122. The highest BCUT2D eigenvalue weighted by atomic mass is 35.5. The second-order valence-electron chi connectivity index (χ2n) is 5.58. The van der Waals surface area contributed by atoms with Crippen LogP contribution in [0.25, 0.3) is 0 Å². The number of Topliss-reactive ketones (excluding diaryl/α,β-unsaturated/α-hetero) is 2. The van der Waals surface area contributed by atoms with Gasteiger partial charge in [-0.3, -0.25) is 9.59 Å². The third-order valence-electron chi connectivity index (χ3n) is 4.09. The Balaban J connectivity index is 0. The van der Waals surface area contributed by atoms with Gasteiger partial charge in [-0.2, -0.15) is 0 Å². The molecule has 3 nitrogen and oxygen atoms in total. The summed E-state index contributed by atoms with van der Waals surface area (Å²) < 4.78 is 0. The van der Waals surface area contributed by atoms with E-state index in [1.807, 2.05) is 0 Å². The first-order chi connectivity index (χ1) is 8.61. The Morgan fingerprint density at radius 2 is 1.20 bits per heavy atom. The van der Waals surface area contributed by atoms with E-state index >= 15 is 0 Å². The topological polar surface area (TPSA) is 46.2 Å². The van der Waals surface area contributed by atoms with Gasteiger partial charge in [0.25, 0.3) is 0 Å². The van der Waals surface area contributed by atoms with Crippen LogP contribution in [0.15, 0.2) is 0 Å². The minimum absolute atomic E-state index is 0. The SMILES string of the molecule is C.CC(=O)C1CCCCC1.CC(=O)C1CCNCC1.Cl. The largest absolute Gasteiger partial charge is 0.317 e. The van der Waals surface area contributed by atoms with Crippen LogP contribution in [0, 0.1) is 11.8 Å². The van der Waals surface area contributed by atoms with Gasteiger partial charge in [0, 0.05) is 11.8 Å². The van der Waals surface area contributed by atoms with Crippen molar-refractivity contribution in [1.29, 1.82) is 0 Å². The average Bonchev–Trinajstić information content (AvgIpc) is 2.41. The molecule has 120 valence electrons. The standard InChI is InChI=1S/C8H14O.C7H13NO.CH4.ClH/c1-7(9)8-5-3-2-4-6-8;1-6(9)7-2-4-8-5-3-7;;/h8H,2-6H2,1H3;7-8H,2-5H2,1H3;1H4;1H. The van der Waals surface area contributed by atoms with Crippen LogP contribution in [0.2, 0.25) is 0 Å². The predicted octanol–water partition coefficient (Wildman–Crippen LogP) is 3.79. The van der Waals surface area contributed by atoms with Crippen molar-refractivity contribution in [3.05, 3.63) is 0 Å². The first-order valence-electron chi connectivity index (χ1n) is 7.33. The van der Waals surface area contributed by atoms with Crippen molar-refractivity contribution in [1.82, 2.24) is 5.32 Å². The fraction of sp³-hybridized carbons (Fsp3) is 0.875. The van der Waals surface area contributed by atoms with Crippen LogP contribution in [0.3, 0.4) is 0 Å². The Morgan fingerprint density at radius 1 is 0.800 bits per heavy atom. The molecule has 0 atom stereocenters. The molecule has 0 bridgehead atoms. The zero-order valence-corrected chi connectivity index (χ0v) is 13.1. The van der Waals surface area contributed by atoms with Crippen molar-refractivity contribution in [3.63, 3.8) is 0 Å². The van der Waals surface area contributed by atoms with Crippen molar-refractivity contribution in [2.75, 3.05) is 13.1 Å². The van der Waals surface area contributed by atoms with E-state index in [1.54, 1.807) is 13.8 Å². The molecule has 0 spiro atoms. The lowest BCUT2D eigenvalue weighted by atomic mass is 9.87. The molecule has 1 saturated heterocycles. The number of hydrogen-bond donors (Lipinski definition) is 1. The van der Waals surface area contributed by atoms with E-state index in [1.165, 1.54) is 19.3 Å². The summed E-state index contributed by atoms with van der Waals surface area (Å²) in [5.74, 6) is 1.52. The van der Waals surface area contributed by atoms with Crippen LogP contribution in [0.5, 0.6) is 0 Å². The second-order valence-corrected chi connectivity index (χ2v) is 5.58. The van der Waals surface area contributed by atoms with Crippen molar-refractivity contribution >= 4 is 24.0 Å². The molecule has 2 fully saturated rings. The molecule has 20 heavy (non-hydrogen) atoms. The van der Waals surface area contributed by atoms with Crippen molar-refractivity contribution in [2.45, 2.75) is 66.2 Å². The maximum atomic E-state index is 10.8. The number of carbonyl (C=O) groups is 2. The summed E-state index contributed by atoms with van der Waals surface area (Å²) in [6.07, 6.45) is 8.24. The van der Waals surface area contributed by atoms with Crippen LogP contribution in [-0.4, -0.2) is 24.7 Å². The van der Waals surface area contributed by atoms with E-state index in [0.29, 0.717) is 23.4 Å². The molecular weight excluding hydrogens is 274 g/mol. The lowest BCUT2D eigenvalue weighted by Crippen LogP contribution is -2.30. The van der Waals surface area contributed by atoms with E-state index in [-0.39, 0.29) is 19.8 Å². The summed E-state index contributed by atoms with van der Waals surface area (Å²) in [5.41, 5.74) is 0. The highest BCUT2D eigenvalue weighted by molar-refractivity contribution is 5.85. The van der Waals surface area contributed by atoms with Crippen LogP contribution in [0.4, 0.5) is 0 Å². The van der Waals surface area contributed by atoms with E-state index in [0.717, 1.165) is 38.8 Å². The highest BCUT2D eigenvalue weighted by Crippen LogP contribution is 2.23. The van der Waals surface area contributed by atoms with Crippen LogP contribution in [0.1, 0.15) is 66.2 Å². The number of carbonyl (C=O) groups excluding carboxylic acids is 2. The molecule has 4 heteroatoms. The van der Waals surface area contributed by atoms with Crippen molar-refractivity contribution in [3.8, 4) is 0 Å². The molecule has 0 radical (unpaired) electrons. The molecule has 0 amide bonds. The Labute approximate surface area is 130 Å². The van der Waals surface area contributed by atoms with E-state index in [9.17, 15) is 9.59 Å². The minimum atomic E-state index is 0. The smallest absolute Gasteiger partial charge is 0.133 e. The molecule has 1 aliphatic heterocycles. The number of rotatable bonds is 2. The van der Waals surface area contributed by atoms with Gasteiger partial charge in [-0.1, -0.05) is 26.7 Å². The third-order valence-corrected chi connectivity index (χ3v) is 4.09. The molecule has 2 rings (SSSR count). The van der Waals surface area contributed by atoms with Gasteiger partial charge in [-0.05, 0) is 52.6 Å². The summed E-state index contributed by atoms with van der Waals surface area (Å²) in [7, 11) is 0. The predicted molar refractivity (Wildman–Crippen MR) is 87.5 cm³/mol. The normalized spacial score (nSPS) is 19.7. The average molecular weight is 306 g/mol. The molecule has 1 saturated carbocycles. The first-order valence-corrected chi connectivity index (χ1v) is 7.33. The summed E-state index contributed by atoms with van der Waals surface area (Å²) in [4.78, 5) is 21.6. The van der Waals surface area contributed by atoms with Gasteiger partial charge in [0.15, 0.2) is 0 Å². The van der Waals surface area contributed by atoms with Crippen LogP contribution >= 0.6 is 12.4 Å². The molecule has 0 unspecified atom stereocenters. The monoisotopic (exact) mass is 305 g/mol. The second kappa shape index (κ2) is 12.3. The molecule has 0 aromatic carbocycles. The molecule has 2 aliphatic rings. The Bertz CT molecular complexity index is 242. The molecule has 1 N–H and O–H groups in total. The van der Waals surface area contributed by atoms with Crippen LogP contribution < -0.4 is 5.32 Å². The van der Waals surface area contributed by atoms with Gasteiger partial charge in [0.2, 0.25) is 0 Å². The van der Waals surface area contributed by atoms with Gasteiger partial charge in [-0.25, -0.2) is 0 Å². The summed E-state index contributed by atoms with van der Waals surface area (Å²) in [6.45, 7) is 5.44. The summed E-state index contributed by atoms with van der Waals surface area (Å²) in [5, 5.41) is 3.22. The summed E-state index contributed by atoms with van der Waals surface area (Å²) in [6, 6.07) is 0. The van der Waals surface area contributed by atoms with E-state index in [2.05, 4.69) is 5.32 Å². The minimum Gasteiger partial charge on any atom is -0.317 e. The lowest BCUT2D eigenvalue weighted by Gasteiger charge is -2.19. The zero-order valence-electron chi connectivity index (χ0n) is 12.2. The Kier molecular flexibility index (Phi) is 13.5. The molecule has 1 heterocycles. The zero-order chi connectivity index (χ0) is 13.4. The highest BCUT2D eigenvalue weighted by Gasteiger charge is 2.17. The Morgan fingerprint density at radius 3 is 1.50 bits per heavy atom. The van der Waals surface area contributed by atoms with Gasteiger partial charge >= 0.3 is 0 Å². The quantitative estimate of drug-likeness (QED) is 0.844. The number of ketones is 2. The fourth-order valence-corrected chi connectivity index (χ4v) is 2.74. The Hall–Kier alpha value is -0.410. The molecular formula is C16H32ClNO2. The molecule has 1 aliphatic carbocycles. The maximum Gasteiger partial charge on any atom is 0.133 e. The number of piperidine rings is 1. The molecule has 0 aromatic rings. The van der Waals surface area contributed by atoms with Crippen LogP contribution in [-0.2, 0) is 9.59 Å². The number of nitrogens with one attached hydrogen (secondary N) is 1. The summed E-state index contributed by atoms with van der Waals surface area (Å²) >= 11 is 0. The van der Waals surface area contributed by atoms with Gasteiger partial charge in [0.05, 0.1) is 0 Å². The third kappa shape index (κ3) is 8.70. The van der Waals surface area contributed by atoms with E-state index < -0.39 is 0 Å². The molecule has 0 aromatic heterocycles. The van der Waals surface area contributed by atoms with E-state index in [4.69, 9.17) is 0 Å². The fourth-order valence-electron chi connectivity index (χ4n) is 2.74. The number of hydrogen-bond acceptors (Lipinski definition) is 3. The first kappa shape index (κ1) is 21.9.